The van der Waals surface area contributed by atoms with Crippen molar-refractivity contribution in [1.82, 2.24) is 10.2 Å². The molecule has 1 aliphatic rings. The minimum atomic E-state index is -0.796. The third-order valence-corrected chi connectivity index (χ3v) is 3.17. The maximum absolute atomic E-state index is 11.7. The van der Waals surface area contributed by atoms with E-state index >= 15 is 0 Å². The van der Waals surface area contributed by atoms with Crippen LogP contribution in [0.2, 0.25) is 5.02 Å². The largest absolute Gasteiger partial charge is 0.386 e. The highest BCUT2D eigenvalue weighted by molar-refractivity contribution is 6.30. The molecule has 0 saturated carbocycles. The lowest BCUT2D eigenvalue weighted by molar-refractivity contribution is -0.151. The average molecular weight is 283 g/mol. The number of carbonyl (C=O) groups is 2. The molecule has 1 aromatic carbocycles. The third kappa shape index (κ3) is 3.45. The maximum atomic E-state index is 11.7. The number of rotatable bonds is 3. The van der Waals surface area contributed by atoms with E-state index in [1.807, 2.05) is 0 Å². The predicted octanol–water partition coefficient (Wildman–Crippen LogP) is 0.663. The highest BCUT2D eigenvalue weighted by Crippen LogP contribution is 2.19. The topological polar surface area (TPSA) is 69.6 Å². The molecule has 102 valence electrons. The fourth-order valence-corrected chi connectivity index (χ4v) is 2.05. The van der Waals surface area contributed by atoms with Crippen LogP contribution in [0.1, 0.15) is 17.3 Å². The number of nitrogens with one attached hydrogen (secondary N) is 1. The number of aliphatic hydroxyl groups is 1. The number of β-amino-alcohol motifs (C(OH)–C–C–N with tert-alkyl or cyclic N) is 1. The van der Waals surface area contributed by atoms with E-state index in [2.05, 4.69) is 5.32 Å². The molecular weight excluding hydrogens is 268 g/mol. The molecule has 0 radical (unpaired) electrons. The minimum Gasteiger partial charge on any atom is -0.386 e. The first-order valence-electron chi connectivity index (χ1n) is 5.91. The highest BCUT2D eigenvalue weighted by Gasteiger charge is 2.39. The molecule has 0 aliphatic carbocycles. The Bertz CT molecular complexity index is 491. The first-order chi connectivity index (χ1) is 8.87. The Kier molecular flexibility index (Phi) is 3.78. The maximum Gasteiger partial charge on any atom is 0.251 e. The molecule has 2 rings (SSSR count). The molecule has 0 bridgehead atoms. The Morgan fingerprint density at radius 1 is 1.37 bits per heavy atom. The van der Waals surface area contributed by atoms with Crippen LogP contribution in [-0.2, 0) is 4.79 Å². The van der Waals surface area contributed by atoms with Crippen LogP contribution in [0, 0.1) is 0 Å². The van der Waals surface area contributed by atoms with Gasteiger partial charge in [0, 0.05) is 10.6 Å². The van der Waals surface area contributed by atoms with Gasteiger partial charge >= 0.3 is 0 Å². The van der Waals surface area contributed by atoms with E-state index in [1.165, 1.54) is 4.90 Å². The molecule has 0 spiro atoms. The number of benzene rings is 1. The normalized spacial score (nSPS) is 16.7. The summed E-state index contributed by atoms with van der Waals surface area (Å²) < 4.78 is 0. The van der Waals surface area contributed by atoms with Gasteiger partial charge in [0.1, 0.15) is 0 Å². The fraction of sp³-hybridized carbons (Fsp3) is 0.385. The second-order valence-electron chi connectivity index (χ2n) is 4.94. The molecule has 0 unspecified atom stereocenters. The van der Waals surface area contributed by atoms with Gasteiger partial charge in [-0.25, -0.2) is 0 Å². The zero-order valence-corrected chi connectivity index (χ0v) is 11.3. The Balaban J connectivity index is 1.81. The number of hydrogen-bond donors (Lipinski definition) is 2. The lowest BCUT2D eigenvalue weighted by Gasteiger charge is -2.44. The summed E-state index contributed by atoms with van der Waals surface area (Å²) in [5, 5.41) is 12.6. The summed E-state index contributed by atoms with van der Waals surface area (Å²) in [5.41, 5.74) is -0.344. The van der Waals surface area contributed by atoms with Crippen LogP contribution < -0.4 is 5.32 Å². The summed E-state index contributed by atoms with van der Waals surface area (Å²) in [7, 11) is 0. The van der Waals surface area contributed by atoms with Crippen LogP contribution in [0.5, 0.6) is 0 Å². The first-order valence-corrected chi connectivity index (χ1v) is 6.29. The summed E-state index contributed by atoms with van der Waals surface area (Å²) in [4.78, 5) is 24.9. The standard InChI is InChI=1S/C13H15ClN2O3/c1-13(19)7-16(8-13)11(17)6-15-12(18)9-2-4-10(14)5-3-9/h2-5,19H,6-8H2,1H3,(H,15,18). The lowest BCUT2D eigenvalue weighted by Crippen LogP contribution is -2.63. The molecule has 0 aromatic heterocycles. The van der Waals surface area contributed by atoms with E-state index in [1.54, 1.807) is 31.2 Å². The SMILES string of the molecule is CC1(O)CN(C(=O)CNC(=O)c2ccc(Cl)cc2)C1. The van der Waals surface area contributed by atoms with Gasteiger partial charge in [-0.1, -0.05) is 11.6 Å². The minimum absolute atomic E-state index is 0.0719. The zero-order chi connectivity index (χ0) is 14.0. The number of amides is 2. The summed E-state index contributed by atoms with van der Waals surface area (Å²) in [6.45, 7) is 2.21. The van der Waals surface area contributed by atoms with Crippen LogP contribution in [0.4, 0.5) is 0 Å². The average Bonchev–Trinajstić information content (AvgIpc) is 2.33. The van der Waals surface area contributed by atoms with Crippen molar-refractivity contribution in [3.63, 3.8) is 0 Å². The van der Waals surface area contributed by atoms with Crippen molar-refractivity contribution in [3.8, 4) is 0 Å². The van der Waals surface area contributed by atoms with Crippen molar-refractivity contribution in [2.24, 2.45) is 0 Å². The van der Waals surface area contributed by atoms with Gasteiger partial charge in [-0.15, -0.1) is 0 Å². The second kappa shape index (κ2) is 5.19. The van der Waals surface area contributed by atoms with Crippen LogP contribution in [0.3, 0.4) is 0 Å². The van der Waals surface area contributed by atoms with Gasteiger partial charge in [0.25, 0.3) is 5.91 Å². The first kappa shape index (κ1) is 13.8. The molecule has 5 nitrogen and oxygen atoms in total. The smallest absolute Gasteiger partial charge is 0.251 e. The Hall–Kier alpha value is -1.59. The Morgan fingerprint density at radius 3 is 2.47 bits per heavy atom. The molecule has 1 aromatic rings. The molecular formula is C13H15ClN2O3. The molecule has 2 amide bonds. The van der Waals surface area contributed by atoms with Crippen LogP contribution in [0.25, 0.3) is 0 Å². The molecule has 19 heavy (non-hydrogen) atoms. The molecule has 0 atom stereocenters. The van der Waals surface area contributed by atoms with E-state index in [-0.39, 0.29) is 18.4 Å². The van der Waals surface area contributed by atoms with Crippen LogP contribution in [0.15, 0.2) is 24.3 Å². The van der Waals surface area contributed by atoms with Crippen molar-refractivity contribution in [3.05, 3.63) is 34.9 Å². The van der Waals surface area contributed by atoms with Crippen molar-refractivity contribution < 1.29 is 14.7 Å². The predicted molar refractivity (Wildman–Crippen MR) is 71.0 cm³/mol. The molecule has 6 heteroatoms. The van der Waals surface area contributed by atoms with Gasteiger partial charge in [0.15, 0.2) is 0 Å². The summed E-state index contributed by atoms with van der Waals surface area (Å²) in [6, 6.07) is 6.42. The van der Waals surface area contributed by atoms with E-state index in [4.69, 9.17) is 11.6 Å². The van der Waals surface area contributed by atoms with Gasteiger partial charge in [-0.2, -0.15) is 0 Å². The molecule has 1 heterocycles. The van der Waals surface area contributed by atoms with Gasteiger partial charge in [0.2, 0.25) is 5.91 Å². The quantitative estimate of drug-likeness (QED) is 0.856. The lowest BCUT2D eigenvalue weighted by atomic mass is 9.97. The van der Waals surface area contributed by atoms with Gasteiger partial charge in [-0.3, -0.25) is 9.59 Å². The summed E-state index contributed by atoms with van der Waals surface area (Å²) in [5.74, 6) is -0.522. The zero-order valence-electron chi connectivity index (χ0n) is 10.5. The molecule has 1 saturated heterocycles. The van der Waals surface area contributed by atoms with Crippen molar-refractivity contribution in [2.75, 3.05) is 19.6 Å². The fourth-order valence-electron chi connectivity index (χ4n) is 1.92. The number of halogens is 1. The van der Waals surface area contributed by atoms with E-state index in [0.717, 1.165) is 0 Å². The van der Waals surface area contributed by atoms with Crippen molar-refractivity contribution in [1.29, 1.82) is 0 Å². The molecule has 1 aliphatic heterocycles. The third-order valence-electron chi connectivity index (χ3n) is 2.92. The van der Waals surface area contributed by atoms with Gasteiger partial charge < -0.3 is 15.3 Å². The van der Waals surface area contributed by atoms with Crippen molar-refractivity contribution in [2.45, 2.75) is 12.5 Å². The summed E-state index contributed by atoms with van der Waals surface area (Å²) in [6.07, 6.45) is 0. The van der Waals surface area contributed by atoms with E-state index in [9.17, 15) is 14.7 Å². The Labute approximate surface area is 116 Å². The van der Waals surface area contributed by atoms with Crippen LogP contribution >= 0.6 is 11.6 Å². The highest BCUT2D eigenvalue weighted by atomic mass is 35.5. The number of hydrogen-bond acceptors (Lipinski definition) is 3. The summed E-state index contributed by atoms with van der Waals surface area (Å²) >= 11 is 5.72. The van der Waals surface area contributed by atoms with Crippen LogP contribution in [-0.4, -0.2) is 47.1 Å². The number of nitrogens with zero attached hydrogens (tertiary/aromatic N) is 1. The number of likely N-dealkylation sites (tertiary alicyclic amines) is 1. The van der Waals surface area contributed by atoms with Gasteiger partial charge in [0.05, 0.1) is 25.2 Å². The second-order valence-corrected chi connectivity index (χ2v) is 5.37. The molecule has 1 fully saturated rings. The van der Waals surface area contributed by atoms with Crippen molar-refractivity contribution >= 4 is 23.4 Å². The van der Waals surface area contributed by atoms with Gasteiger partial charge in [-0.05, 0) is 31.2 Å². The Morgan fingerprint density at radius 2 is 1.95 bits per heavy atom. The number of carbonyl (C=O) groups excluding carboxylic acids is 2. The van der Waals surface area contributed by atoms with E-state index in [0.29, 0.717) is 23.7 Å². The van der Waals surface area contributed by atoms with E-state index < -0.39 is 5.60 Å². The monoisotopic (exact) mass is 282 g/mol. The molecule has 2 N–H and O–H groups in total.